The van der Waals surface area contributed by atoms with Crippen molar-refractivity contribution in [2.75, 3.05) is 5.43 Å². The fraction of sp³-hybridized carbons (Fsp3) is 0.286. The summed E-state index contributed by atoms with van der Waals surface area (Å²) in [7, 11) is 0. The van der Waals surface area contributed by atoms with E-state index >= 15 is 0 Å². The number of halogens is 1. The summed E-state index contributed by atoms with van der Waals surface area (Å²) in [6.45, 7) is 2.40. The number of nitrogen functional groups attached to an aromatic ring is 1. The van der Waals surface area contributed by atoms with E-state index in [-0.39, 0.29) is 0 Å². The van der Waals surface area contributed by atoms with Crippen LogP contribution >= 0.6 is 23.1 Å². The van der Waals surface area contributed by atoms with Gasteiger partial charge in [-0.15, -0.1) is 5.10 Å². The lowest BCUT2D eigenvalue weighted by Crippen LogP contribution is -2.10. The predicted octanol–water partition coefficient (Wildman–Crippen LogP) is 1.03. The summed E-state index contributed by atoms with van der Waals surface area (Å²) in [5.41, 5.74) is 4.19. The molecule has 0 atom stereocenters. The Morgan fingerprint density at radius 1 is 1.67 bits per heavy atom. The van der Waals surface area contributed by atoms with Crippen LogP contribution in [0.3, 0.4) is 0 Å². The Hall–Kier alpha value is -1.18. The summed E-state index contributed by atoms with van der Waals surface area (Å²) < 4.78 is 5.55. The van der Waals surface area contributed by atoms with Crippen molar-refractivity contribution in [1.82, 2.24) is 19.4 Å². The molecule has 0 aliphatic heterocycles. The van der Waals surface area contributed by atoms with Crippen LogP contribution in [0.1, 0.15) is 11.4 Å². The third-order valence-electron chi connectivity index (χ3n) is 2.03. The second kappa shape index (κ2) is 4.13. The van der Waals surface area contributed by atoms with Crippen molar-refractivity contribution in [2.45, 2.75) is 13.5 Å². The molecule has 6 nitrogen and oxygen atoms in total. The van der Waals surface area contributed by atoms with Gasteiger partial charge in [0.25, 0.3) is 0 Å². The lowest BCUT2D eigenvalue weighted by atomic mass is 10.4. The number of hydrogen-bond donors (Lipinski definition) is 2. The van der Waals surface area contributed by atoms with Crippen molar-refractivity contribution in [3.63, 3.8) is 0 Å². The topological polar surface area (TPSA) is 81.7 Å². The van der Waals surface area contributed by atoms with Gasteiger partial charge in [0.1, 0.15) is 10.7 Å². The SMILES string of the molecule is Cc1c(Cl)cnn1Cc1nnsc1NN. The van der Waals surface area contributed by atoms with E-state index in [1.807, 2.05) is 6.92 Å². The van der Waals surface area contributed by atoms with Crippen molar-refractivity contribution in [3.8, 4) is 0 Å². The van der Waals surface area contributed by atoms with Gasteiger partial charge in [-0.05, 0) is 6.92 Å². The van der Waals surface area contributed by atoms with Crippen LogP contribution in [0.25, 0.3) is 0 Å². The van der Waals surface area contributed by atoms with Gasteiger partial charge in [0, 0.05) is 11.5 Å². The van der Waals surface area contributed by atoms with Crippen molar-refractivity contribution in [1.29, 1.82) is 0 Å². The van der Waals surface area contributed by atoms with Gasteiger partial charge in [-0.2, -0.15) is 5.10 Å². The maximum atomic E-state index is 5.89. The lowest BCUT2D eigenvalue weighted by Gasteiger charge is -2.02. The number of hydrogen-bond acceptors (Lipinski definition) is 6. The zero-order valence-corrected chi connectivity index (χ0v) is 9.51. The van der Waals surface area contributed by atoms with Crippen molar-refractivity contribution in [2.24, 2.45) is 5.84 Å². The van der Waals surface area contributed by atoms with Gasteiger partial charge in [0.15, 0.2) is 0 Å². The lowest BCUT2D eigenvalue weighted by molar-refractivity contribution is 0.651. The predicted molar refractivity (Wildman–Crippen MR) is 58.8 cm³/mol. The summed E-state index contributed by atoms with van der Waals surface area (Å²) in [5.74, 6) is 5.32. The molecule has 0 saturated heterocycles. The Kier molecular flexibility index (Phi) is 2.85. The Morgan fingerprint density at radius 2 is 2.47 bits per heavy atom. The highest BCUT2D eigenvalue weighted by Crippen LogP contribution is 2.19. The normalized spacial score (nSPS) is 10.6. The number of aromatic nitrogens is 4. The van der Waals surface area contributed by atoms with Crippen molar-refractivity contribution >= 4 is 28.1 Å². The van der Waals surface area contributed by atoms with Gasteiger partial charge >= 0.3 is 0 Å². The maximum absolute atomic E-state index is 5.89. The van der Waals surface area contributed by atoms with Crippen molar-refractivity contribution < 1.29 is 0 Å². The number of nitrogens with zero attached hydrogens (tertiary/aromatic N) is 4. The van der Waals surface area contributed by atoms with Crippen LogP contribution in [-0.2, 0) is 6.54 Å². The first-order valence-corrected chi connectivity index (χ1v) is 5.33. The average molecular weight is 245 g/mol. The fourth-order valence-corrected chi connectivity index (χ4v) is 1.77. The summed E-state index contributed by atoms with van der Waals surface area (Å²) >= 11 is 7.10. The van der Waals surface area contributed by atoms with Crippen molar-refractivity contribution in [3.05, 3.63) is 22.6 Å². The quantitative estimate of drug-likeness (QED) is 0.623. The minimum atomic E-state index is 0.509. The number of rotatable bonds is 3. The number of nitrogens with one attached hydrogen (secondary N) is 1. The molecule has 15 heavy (non-hydrogen) atoms. The first-order chi connectivity index (χ1) is 7.22. The standard InChI is InChI=1S/C7H9ClN6S/c1-4-5(8)2-10-14(4)3-6-7(11-9)15-13-12-6/h2,11H,3,9H2,1H3. The third-order valence-corrected chi connectivity index (χ3v) is 3.10. The molecule has 0 aliphatic rings. The first-order valence-electron chi connectivity index (χ1n) is 4.18. The van der Waals surface area contributed by atoms with Crippen LogP contribution in [0.4, 0.5) is 5.00 Å². The van der Waals surface area contributed by atoms with Gasteiger partial charge in [0.05, 0.1) is 23.5 Å². The highest BCUT2D eigenvalue weighted by atomic mass is 35.5. The molecule has 0 bridgehead atoms. The van der Waals surface area contributed by atoms with E-state index in [1.165, 1.54) is 11.5 Å². The van der Waals surface area contributed by atoms with E-state index in [4.69, 9.17) is 17.4 Å². The molecule has 3 N–H and O–H groups in total. The molecule has 0 amide bonds. The number of anilines is 1. The van der Waals surface area contributed by atoms with E-state index in [0.29, 0.717) is 11.6 Å². The smallest absolute Gasteiger partial charge is 0.149 e. The molecule has 0 unspecified atom stereocenters. The monoisotopic (exact) mass is 244 g/mol. The molecular weight excluding hydrogens is 236 g/mol. The maximum Gasteiger partial charge on any atom is 0.149 e. The van der Waals surface area contributed by atoms with Gasteiger partial charge in [-0.1, -0.05) is 16.1 Å². The van der Waals surface area contributed by atoms with Crippen LogP contribution < -0.4 is 11.3 Å². The largest absolute Gasteiger partial charge is 0.313 e. The third kappa shape index (κ3) is 1.94. The molecule has 0 fully saturated rings. The van der Waals surface area contributed by atoms with Crippen LogP contribution in [0, 0.1) is 6.92 Å². The van der Waals surface area contributed by atoms with Crippen LogP contribution in [-0.4, -0.2) is 19.4 Å². The minimum Gasteiger partial charge on any atom is -0.313 e. The van der Waals surface area contributed by atoms with Gasteiger partial charge in [-0.3, -0.25) is 4.68 Å². The molecule has 0 spiro atoms. The Balaban J connectivity index is 2.25. The molecule has 2 aromatic heterocycles. The summed E-state index contributed by atoms with van der Waals surface area (Å²) in [6, 6.07) is 0. The highest BCUT2D eigenvalue weighted by Gasteiger charge is 2.10. The zero-order valence-electron chi connectivity index (χ0n) is 7.94. The zero-order chi connectivity index (χ0) is 10.8. The van der Waals surface area contributed by atoms with E-state index < -0.39 is 0 Å². The second-order valence-corrected chi connectivity index (χ2v) is 4.09. The molecule has 2 heterocycles. The molecule has 2 aromatic rings. The molecular formula is C7H9ClN6S. The Morgan fingerprint density at radius 3 is 3.07 bits per heavy atom. The average Bonchev–Trinajstić information content (AvgIpc) is 2.80. The Labute approximate surface area is 95.2 Å². The fourth-order valence-electron chi connectivity index (χ4n) is 1.15. The minimum absolute atomic E-state index is 0.509. The molecule has 8 heteroatoms. The number of nitrogens with two attached hydrogens (primary N) is 1. The molecule has 2 rings (SSSR count). The second-order valence-electron chi connectivity index (χ2n) is 2.93. The van der Waals surface area contributed by atoms with Gasteiger partial charge in [0.2, 0.25) is 0 Å². The Bertz CT molecular complexity index is 464. The molecule has 0 radical (unpaired) electrons. The summed E-state index contributed by atoms with van der Waals surface area (Å²) in [6.07, 6.45) is 1.60. The first kappa shape index (κ1) is 10.3. The highest BCUT2D eigenvalue weighted by molar-refractivity contribution is 7.10. The summed E-state index contributed by atoms with van der Waals surface area (Å²) in [4.78, 5) is 0. The summed E-state index contributed by atoms with van der Waals surface area (Å²) in [5, 5.41) is 9.45. The van der Waals surface area contributed by atoms with Crippen LogP contribution in [0.2, 0.25) is 5.02 Å². The van der Waals surface area contributed by atoms with E-state index in [9.17, 15) is 0 Å². The molecule has 0 aromatic carbocycles. The van der Waals surface area contributed by atoms with E-state index in [0.717, 1.165) is 16.4 Å². The van der Waals surface area contributed by atoms with Gasteiger partial charge in [-0.25, -0.2) is 5.84 Å². The van der Waals surface area contributed by atoms with Crippen LogP contribution in [0.5, 0.6) is 0 Å². The van der Waals surface area contributed by atoms with Gasteiger partial charge < -0.3 is 5.43 Å². The number of hydrazine groups is 1. The molecule has 0 aliphatic carbocycles. The van der Waals surface area contributed by atoms with Crippen LogP contribution in [0.15, 0.2) is 6.20 Å². The van der Waals surface area contributed by atoms with E-state index in [2.05, 4.69) is 20.1 Å². The molecule has 0 saturated carbocycles. The van der Waals surface area contributed by atoms with E-state index in [1.54, 1.807) is 10.9 Å². The molecule has 80 valence electrons.